The van der Waals surface area contributed by atoms with E-state index in [0.717, 1.165) is 17.1 Å². The van der Waals surface area contributed by atoms with E-state index in [-0.39, 0.29) is 17.4 Å². The molecule has 3 atom stereocenters. The van der Waals surface area contributed by atoms with E-state index in [0.29, 0.717) is 26.1 Å². The minimum Gasteiger partial charge on any atom is -0.465 e. The summed E-state index contributed by atoms with van der Waals surface area (Å²) in [5.41, 5.74) is 1.57. The van der Waals surface area contributed by atoms with Crippen LogP contribution >= 0.6 is 0 Å². The summed E-state index contributed by atoms with van der Waals surface area (Å²) in [6, 6.07) is -0.115. The van der Waals surface area contributed by atoms with Crippen molar-refractivity contribution in [2.24, 2.45) is 5.41 Å². The standard InChI is InChI=1S/C17H26N4O3/c1-10-7-11(22)14-13(10)15(19-9-18-14)20-5-6-21(16(23)24)12(8-20)17(2,3)4/h9-12,22H,5-8H2,1-4H3,(H,23,24)/t10-,11-,12?/m1/s1. The topological polar surface area (TPSA) is 89.8 Å². The second kappa shape index (κ2) is 5.88. The summed E-state index contributed by atoms with van der Waals surface area (Å²) < 4.78 is 0. The van der Waals surface area contributed by atoms with Gasteiger partial charge in [-0.05, 0) is 17.8 Å². The molecule has 1 saturated heterocycles. The molecule has 0 bridgehead atoms. The van der Waals surface area contributed by atoms with Gasteiger partial charge in [0, 0.05) is 25.2 Å². The molecular weight excluding hydrogens is 308 g/mol. The van der Waals surface area contributed by atoms with E-state index in [4.69, 9.17) is 0 Å². The van der Waals surface area contributed by atoms with Gasteiger partial charge >= 0.3 is 6.09 Å². The number of carbonyl (C=O) groups is 1. The van der Waals surface area contributed by atoms with Crippen LogP contribution in [-0.4, -0.2) is 56.9 Å². The summed E-state index contributed by atoms with van der Waals surface area (Å²) in [6.07, 6.45) is 0.769. The molecule has 2 N–H and O–H groups in total. The van der Waals surface area contributed by atoms with Crippen LogP contribution in [0.3, 0.4) is 0 Å². The van der Waals surface area contributed by atoms with Crippen molar-refractivity contribution >= 4 is 11.9 Å². The Morgan fingerprint density at radius 2 is 2.00 bits per heavy atom. The number of piperazine rings is 1. The fourth-order valence-corrected chi connectivity index (χ4v) is 3.90. The molecule has 0 radical (unpaired) electrons. The molecule has 24 heavy (non-hydrogen) atoms. The van der Waals surface area contributed by atoms with Gasteiger partial charge in [-0.15, -0.1) is 0 Å². The van der Waals surface area contributed by atoms with Gasteiger partial charge in [-0.1, -0.05) is 27.7 Å². The van der Waals surface area contributed by atoms with Crippen molar-refractivity contribution in [3.8, 4) is 0 Å². The van der Waals surface area contributed by atoms with Gasteiger partial charge in [0.25, 0.3) is 0 Å². The lowest BCUT2D eigenvalue weighted by Crippen LogP contribution is -2.59. The Bertz CT molecular complexity index is 643. The van der Waals surface area contributed by atoms with Crippen molar-refractivity contribution in [1.82, 2.24) is 14.9 Å². The maximum absolute atomic E-state index is 11.6. The highest BCUT2D eigenvalue weighted by Gasteiger charge is 2.40. The lowest BCUT2D eigenvalue weighted by Gasteiger charge is -2.46. The molecule has 2 heterocycles. The second-order valence-electron chi connectivity index (χ2n) is 7.95. The van der Waals surface area contributed by atoms with Gasteiger partial charge in [-0.25, -0.2) is 14.8 Å². The van der Waals surface area contributed by atoms with Crippen molar-refractivity contribution < 1.29 is 15.0 Å². The molecule has 1 aromatic rings. The van der Waals surface area contributed by atoms with Crippen molar-refractivity contribution in [2.45, 2.75) is 52.2 Å². The van der Waals surface area contributed by atoms with Crippen LogP contribution in [0.1, 0.15) is 57.4 Å². The molecule has 132 valence electrons. The van der Waals surface area contributed by atoms with E-state index < -0.39 is 12.2 Å². The number of carboxylic acid groups (broad SMARTS) is 1. The lowest BCUT2D eigenvalue weighted by molar-refractivity contribution is 0.0746. The van der Waals surface area contributed by atoms with Gasteiger partial charge in [-0.2, -0.15) is 0 Å². The van der Waals surface area contributed by atoms with Crippen LogP contribution in [0.15, 0.2) is 6.33 Å². The van der Waals surface area contributed by atoms with E-state index in [1.807, 2.05) is 0 Å². The first kappa shape index (κ1) is 17.0. The maximum Gasteiger partial charge on any atom is 0.407 e. The fraction of sp³-hybridized carbons (Fsp3) is 0.706. The molecule has 1 aliphatic heterocycles. The first-order chi connectivity index (χ1) is 11.2. The minimum atomic E-state index is -0.869. The molecule has 1 fully saturated rings. The third kappa shape index (κ3) is 2.81. The van der Waals surface area contributed by atoms with Crippen LogP contribution in [0.5, 0.6) is 0 Å². The molecule has 1 aliphatic carbocycles. The maximum atomic E-state index is 11.6. The third-order valence-electron chi connectivity index (χ3n) is 5.20. The van der Waals surface area contributed by atoms with E-state index in [9.17, 15) is 15.0 Å². The summed E-state index contributed by atoms with van der Waals surface area (Å²) in [7, 11) is 0. The van der Waals surface area contributed by atoms with Crippen LogP contribution in [0.4, 0.5) is 10.6 Å². The number of nitrogens with zero attached hydrogens (tertiary/aromatic N) is 4. The second-order valence-corrected chi connectivity index (χ2v) is 7.95. The number of amides is 1. The number of rotatable bonds is 1. The van der Waals surface area contributed by atoms with Gasteiger partial charge in [0.2, 0.25) is 0 Å². The Balaban J connectivity index is 1.94. The van der Waals surface area contributed by atoms with Crippen molar-refractivity contribution in [3.63, 3.8) is 0 Å². The van der Waals surface area contributed by atoms with E-state index >= 15 is 0 Å². The fourth-order valence-electron chi connectivity index (χ4n) is 3.90. The van der Waals surface area contributed by atoms with E-state index in [1.54, 1.807) is 0 Å². The molecular formula is C17H26N4O3. The molecule has 7 heteroatoms. The van der Waals surface area contributed by atoms with E-state index in [2.05, 4.69) is 42.6 Å². The highest BCUT2D eigenvalue weighted by atomic mass is 16.4. The summed E-state index contributed by atoms with van der Waals surface area (Å²) in [5, 5.41) is 19.7. The Morgan fingerprint density at radius 3 is 2.62 bits per heavy atom. The molecule has 7 nitrogen and oxygen atoms in total. The zero-order chi connectivity index (χ0) is 17.6. The highest BCUT2D eigenvalue weighted by Crippen LogP contribution is 2.43. The number of aliphatic hydroxyl groups excluding tert-OH is 1. The van der Waals surface area contributed by atoms with Crippen LogP contribution in [0.25, 0.3) is 0 Å². The summed E-state index contributed by atoms with van der Waals surface area (Å²) in [6.45, 7) is 9.92. The Kier molecular flexibility index (Phi) is 4.15. The predicted molar refractivity (Wildman–Crippen MR) is 90.2 cm³/mol. The molecule has 1 amide bonds. The first-order valence-electron chi connectivity index (χ1n) is 8.47. The predicted octanol–water partition coefficient (Wildman–Crippen LogP) is 2.23. The molecule has 0 spiro atoms. The molecule has 2 aliphatic rings. The quantitative estimate of drug-likeness (QED) is 0.818. The van der Waals surface area contributed by atoms with Gasteiger partial charge < -0.3 is 20.0 Å². The number of aromatic nitrogens is 2. The summed E-state index contributed by atoms with van der Waals surface area (Å²) in [4.78, 5) is 24.0. The lowest BCUT2D eigenvalue weighted by atomic mass is 9.84. The zero-order valence-corrected chi connectivity index (χ0v) is 14.7. The number of hydrogen-bond donors (Lipinski definition) is 2. The minimum absolute atomic E-state index is 0.115. The Hall–Kier alpha value is -1.89. The molecule has 0 aromatic carbocycles. The number of fused-ring (bicyclic) bond motifs is 1. The van der Waals surface area contributed by atoms with Crippen molar-refractivity contribution in [2.75, 3.05) is 24.5 Å². The van der Waals surface area contributed by atoms with Crippen LogP contribution in [-0.2, 0) is 0 Å². The average Bonchev–Trinajstić information content (AvgIpc) is 2.81. The highest BCUT2D eigenvalue weighted by molar-refractivity contribution is 5.66. The SMILES string of the molecule is C[C@@H]1C[C@@H](O)c2ncnc(N3CCN(C(=O)O)C(C(C)(C)C)C3)c21. The summed E-state index contributed by atoms with van der Waals surface area (Å²) >= 11 is 0. The average molecular weight is 334 g/mol. The number of anilines is 1. The van der Waals surface area contributed by atoms with Crippen molar-refractivity contribution in [1.29, 1.82) is 0 Å². The molecule has 0 saturated carbocycles. The van der Waals surface area contributed by atoms with Gasteiger partial charge in [0.15, 0.2) is 0 Å². The van der Waals surface area contributed by atoms with Crippen LogP contribution < -0.4 is 4.90 Å². The van der Waals surface area contributed by atoms with Crippen LogP contribution in [0, 0.1) is 5.41 Å². The van der Waals surface area contributed by atoms with Gasteiger partial charge in [0.1, 0.15) is 12.1 Å². The van der Waals surface area contributed by atoms with Gasteiger partial charge in [0.05, 0.1) is 17.8 Å². The van der Waals surface area contributed by atoms with Crippen molar-refractivity contribution in [3.05, 3.63) is 17.6 Å². The number of aliphatic hydroxyl groups is 1. The first-order valence-corrected chi connectivity index (χ1v) is 8.47. The number of hydrogen-bond acceptors (Lipinski definition) is 5. The molecule has 3 rings (SSSR count). The van der Waals surface area contributed by atoms with E-state index in [1.165, 1.54) is 11.2 Å². The Labute approximate surface area is 142 Å². The monoisotopic (exact) mass is 334 g/mol. The molecule has 1 unspecified atom stereocenters. The van der Waals surface area contributed by atoms with Gasteiger partial charge in [-0.3, -0.25) is 0 Å². The molecule has 1 aromatic heterocycles. The normalized spacial score (nSPS) is 27.3. The third-order valence-corrected chi connectivity index (χ3v) is 5.20. The smallest absolute Gasteiger partial charge is 0.407 e. The Morgan fingerprint density at radius 1 is 1.29 bits per heavy atom. The van der Waals surface area contributed by atoms with Crippen LogP contribution in [0.2, 0.25) is 0 Å². The largest absolute Gasteiger partial charge is 0.465 e. The zero-order valence-electron chi connectivity index (χ0n) is 14.7. The summed E-state index contributed by atoms with van der Waals surface area (Å²) in [5.74, 6) is 1.06.